The predicted molar refractivity (Wildman–Crippen MR) is 69.7 cm³/mol. The molecule has 0 aliphatic carbocycles. The van der Waals surface area contributed by atoms with Gasteiger partial charge in [0.15, 0.2) is 6.29 Å². The van der Waals surface area contributed by atoms with Crippen molar-refractivity contribution in [2.75, 3.05) is 13.7 Å². The van der Waals surface area contributed by atoms with Gasteiger partial charge in [0.05, 0.1) is 18.8 Å². The van der Waals surface area contributed by atoms with Crippen molar-refractivity contribution in [3.05, 3.63) is 35.9 Å². The molecular formula is C15H20O4. The van der Waals surface area contributed by atoms with E-state index in [-0.39, 0.29) is 24.1 Å². The van der Waals surface area contributed by atoms with Gasteiger partial charge in [-0.1, -0.05) is 30.3 Å². The lowest BCUT2D eigenvalue weighted by Crippen LogP contribution is -2.52. The molecule has 0 spiro atoms. The minimum Gasteiger partial charge on any atom is -0.376 e. The molecule has 2 heterocycles. The van der Waals surface area contributed by atoms with Crippen molar-refractivity contribution in [2.24, 2.45) is 0 Å². The first-order valence-electron chi connectivity index (χ1n) is 6.69. The summed E-state index contributed by atoms with van der Waals surface area (Å²) in [5.74, 6) is 0. The van der Waals surface area contributed by atoms with Gasteiger partial charge in [-0.05, 0) is 12.5 Å². The zero-order chi connectivity index (χ0) is 13.3. The lowest BCUT2D eigenvalue weighted by atomic mass is 9.90. The van der Waals surface area contributed by atoms with Crippen LogP contribution >= 0.6 is 0 Å². The van der Waals surface area contributed by atoms with Crippen LogP contribution in [0.2, 0.25) is 0 Å². The molecule has 2 aliphatic heterocycles. The lowest BCUT2D eigenvalue weighted by molar-refractivity contribution is -0.233. The fourth-order valence-corrected chi connectivity index (χ4v) is 2.73. The van der Waals surface area contributed by atoms with Gasteiger partial charge < -0.3 is 18.9 Å². The number of benzene rings is 1. The van der Waals surface area contributed by atoms with Gasteiger partial charge in [0.25, 0.3) is 0 Å². The van der Waals surface area contributed by atoms with Crippen molar-refractivity contribution in [1.29, 1.82) is 0 Å². The minimum atomic E-state index is -0.358. The largest absolute Gasteiger partial charge is 0.376 e. The van der Waals surface area contributed by atoms with Crippen LogP contribution in [-0.2, 0) is 25.6 Å². The van der Waals surface area contributed by atoms with E-state index >= 15 is 0 Å². The van der Waals surface area contributed by atoms with E-state index in [0.717, 1.165) is 6.42 Å². The van der Waals surface area contributed by atoms with Crippen molar-refractivity contribution in [3.8, 4) is 0 Å². The molecule has 2 bridgehead atoms. The topological polar surface area (TPSA) is 36.9 Å². The Kier molecular flexibility index (Phi) is 3.58. The van der Waals surface area contributed by atoms with E-state index in [1.165, 1.54) is 5.56 Å². The summed E-state index contributed by atoms with van der Waals surface area (Å²) < 4.78 is 23.0. The fraction of sp³-hybridized carbons (Fsp3) is 0.600. The summed E-state index contributed by atoms with van der Waals surface area (Å²) in [6.07, 6.45) is 0.501. The number of rotatable bonds is 4. The molecule has 0 saturated carbocycles. The molecule has 2 saturated heterocycles. The minimum absolute atomic E-state index is 0.00684. The average molecular weight is 264 g/mol. The van der Waals surface area contributed by atoms with Gasteiger partial charge in [-0.3, -0.25) is 0 Å². The number of methoxy groups -OCH3 is 1. The first-order valence-corrected chi connectivity index (χ1v) is 6.69. The Bertz CT molecular complexity index is 421. The molecule has 0 amide bonds. The van der Waals surface area contributed by atoms with Gasteiger partial charge in [0, 0.05) is 13.5 Å². The van der Waals surface area contributed by atoms with E-state index in [9.17, 15) is 0 Å². The highest BCUT2D eigenvalue weighted by Crippen LogP contribution is 2.38. The smallest absolute Gasteiger partial charge is 0.184 e. The summed E-state index contributed by atoms with van der Waals surface area (Å²) in [7, 11) is 1.69. The van der Waals surface area contributed by atoms with Crippen LogP contribution in [0.15, 0.2) is 30.3 Å². The number of hydrogen-bond donors (Lipinski definition) is 0. The molecule has 104 valence electrons. The second-order valence-electron chi connectivity index (χ2n) is 5.39. The fourth-order valence-electron chi connectivity index (χ4n) is 2.73. The molecule has 3 rings (SSSR count). The van der Waals surface area contributed by atoms with Crippen LogP contribution < -0.4 is 0 Å². The summed E-state index contributed by atoms with van der Waals surface area (Å²) in [6.45, 7) is 3.24. The Balaban J connectivity index is 1.68. The van der Waals surface area contributed by atoms with E-state index in [2.05, 4.69) is 19.1 Å². The summed E-state index contributed by atoms with van der Waals surface area (Å²) >= 11 is 0. The molecule has 0 radical (unpaired) electrons. The quantitative estimate of drug-likeness (QED) is 0.834. The molecule has 19 heavy (non-hydrogen) atoms. The molecule has 0 aromatic heterocycles. The molecule has 4 nitrogen and oxygen atoms in total. The van der Waals surface area contributed by atoms with Crippen LogP contribution in [0.1, 0.15) is 18.9 Å². The van der Waals surface area contributed by atoms with Crippen molar-refractivity contribution in [1.82, 2.24) is 0 Å². The van der Waals surface area contributed by atoms with Crippen molar-refractivity contribution < 1.29 is 18.9 Å². The van der Waals surface area contributed by atoms with Crippen LogP contribution in [0.25, 0.3) is 0 Å². The standard InChI is InChI=1S/C15H20O4/c1-15(18-9-11-6-4-3-5-7-11)8-12(16-2)14-17-10-13(15)19-14/h3-7,12-14H,8-10H2,1-2H3. The number of hydrogen-bond acceptors (Lipinski definition) is 4. The maximum absolute atomic E-state index is 6.13. The Labute approximate surface area is 113 Å². The summed E-state index contributed by atoms with van der Waals surface area (Å²) in [6, 6.07) is 10.2. The first-order chi connectivity index (χ1) is 9.21. The Morgan fingerprint density at radius 2 is 2.11 bits per heavy atom. The van der Waals surface area contributed by atoms with Gasteiger partial charge >= 0.3 is 0 Å². The maximum atomic E-state index is 6.13. The Morgan fingerprint density at radius 3 is 2.84 bits per heavy atom. The van der Waals surface area contributed by atoms with E-state index < -0.39 is 0 Å². The van der Waals surface area contributed by atoms with Gasteiger partial charge in [-0.25, -0.2) is 0 Å². The second kappa shape index (κ2) is 5.21. The SMILES string of the molecule is COC1CC(C)(OCc2ccccc2)C2COC1O2. The van der Waals surface area contributed by atoms with Gasteiger partial charge in [0.2, 0.25) is 0 Å². The molecule has 4 atom stereocenters. The molecular weight excluding hydrogens is 244 g/mol. The lowest BCUT2D eigenvalue weighted by Gasteiger charge is -2.41. The molecule has 2 fully saturated rings. The molecule has 2 aliphatic rings. The second-order valence-corrected chi connectivity index (χ2v) is 5.39. The van der Waals surface area contributed by atoms with E-state index in [4.69, 9.17) is 18.9 Å². The number of fused-ring (bicyclic) bond motifs is 2. The highest BCUT2D eigenvalue weighted by molar-refractivity contribution is 5.13. The van der Waals surface area contributed by atoms with Crippen molar-refractivity contribution >= 4 is 0 Å². The summed E-state index contributed by atoms with van der Waals surface area (Å²) in [5, 5.41) is 0. The third-order valence-corrected chi connectivity index (χ3v) is 4.02. The number of ether oxygens (including phenoxy) is 4. The maximum Gasteiger partial charge on any atom is 0.184 e. The zero-order valence-corrected chi connectivity index (χ0v) is 11.4. The summed E-state index contributed by atoms with van der Waals surface area (Å²) in [4.78, 5) is 0. The third-order valence-electron chi connectivity index (χ3n) is 4.02. The highest BCUT2D eigenvalue weighted by Gasteiger charge is 2.51. The van der Waals surface area contributed by atoms with Crippen LogP contribution in [0.4, 0.5) is 0 Å². The van der Waals surface area contributed by atoms with Crippen molar-refractivity contribution in [2.45, 2.75) is 44.1 Å². The molecule has 1 aromatic rings. The Morgan fingerprint density at radius 1 is 1.32 bits per heavy atom. The average Bonchev–Trinajstić information content (AvgIpc) is 2.90. The normalized spacial score (nSPS) is 37.5. The molecule has 1 aromatic carbocycles. The van der Waals surface area contributed by atoms with Gasteiger partial charge in [0.1, 0.15) is 12.2 Å². The molecule has 0 N–H and O–H groups in total. The highest BCUT2D eigenvalue weighted by atomic mass is 16.8. The molecule has 4 unspecified atom stereocenters. The Hall–Kier alpha value is -0.940. The van der Waals surface area contributed by atoms with E-state index in [0.29, 0.717) is 13.2 Å². The third kappa shape index (κ3) is 2.54. The van der Waals surface area contributed by atoms with Crippen molar-refractivity contribution in [3.63, 3.8) is 0 Å². The van der Waals surface area contributed by atoms with Crippen LogP contribution in [0.3, 0.4) is 0 Å². The molecule has 4 heteroatoms. The summed E-state index contributed by atoms with van der Waals surface area (Å²) in [5.41, 5.74) is 0.808. The van der Waals surface area contributed by atoms with Crippen LogP contribution in [-0.4, -0.2) is 37.8 Å². The predicted octanol–water partition coefficient (Wildman–Crippen LogP) is 2.12. The van der Waals surface area contributed by atoms with Crippen LogP contribution in [0.5, 0.6) is 0 Å². The van der Waals surface area contributed by atoms with Gasteiger partial charge in [-0.2, -0.15) is 0 Å². The van der Waals surface area contributed by atoms with Crippen LogP contribution in [0, 0.1) is 0 Å². The zero-order valence-electron chi connectivity index (χ0n) is 11.4. The van der Waals surface area contributed by atoms with E-state index in [1.54, 1.807) is 7.11 Å². The monoisotopic (exact) mass is 264 g/mol. The first kappa shape index (κ1) is 13.1. The van der Waals surface area contributed by atoms with E-state index in [1.807, 2.05) is 18.2 Å². The van der Waals surface area contributed by atoms with Gasteiger partial charge in [-0.15, -0.1) is 0 Å².